The number of pyridine rings is 1. The topological polar surface area (TPSA) is 97.0 Å². The fourth-order valence-electron chi connectivity index (χ4n) is 1.96. The fraction of sp³-hybridized carbons (Fsp3) is 0.0769. The van der Waals surface area contributed by atoms with Crippen LogP contribution in [0.25, 0.3) is 11.2 Å². The van der Waals surface area contributed by atoms with Gasteiger partial charge in [-0.3, -0.25) is 4.72 Å². The molecule has 0 aliphatic heterocycles. The van der Waals surface area contributed by atoms with E-state index in [0.29, 0.717) is 21.9 Å². The maximum Gasteiger partial charge on any atom is 0.265 e. The Morgan fingerprint density at radius 3 is 2.86 bits per heavy atom. The number of methoxy groups -OCH3 is 1. The lowest BCUT2D eigenvalue weighted by molar-refractivity contribution is 0.403. The first-order valence-corrected chi connectivity index (χ1v) is 8.01. The van der Waals surface area contributed by atoms with Crippen LogP contribution in [0.4, 0.5) is 5.69 Å². The molecule has 0 atom stereocenters. The molecule has 22 heavy (non-hydrogen) atoms. The molecule has 2 aromatic heterocycles. The maximum atomic E-state index is 12.5. The summed E-state index contributed by atoms with van der Waals surface area (Å²) in [6.07, 6.45) is 2.87. The molecule has 0 amide bonds. The number of halogens is 1. The molecule has 0 aliphatic carbocycles. The highest BCUT2D eigenvalue weighted by molar-refractivity contribution is 7.92. The molecule has 0 aliphatic rings. The SMILES string of the molecule is COc1ccc(Cl)cc1S(=O)(=O)Nc1cnc2nc[nH]c2c1. The Hall–Kier alpha value is -2.32. The van der Waals surface area contributed by atoms with E-state index >= 15 is 0 Å². The van der Waals surface area contributed by atoms with Crippen molar-refractivity contribution < 1.29 is 13.2 Å². The number of fused-ring (bicyclic) bond motifs is 1. The molecule has 0 radical (unpaired) electrons. The number of H-pyrrole nitrogens is 1. The van der Waals surface area contributed by atoms with E-state index in [0.717, 1.165) is 0 Å². The van der Waals surface area contributed by atoms with Gasteiger partial charge in [-0.2, -0.15) is 0 Å². The number of nitrogens with one attached hydrogen (secondary N) is 2. The number of aromatic amines is 1. The third kappa shape index (κ3) is 2.70. The van der Waals surface area contributed by atoms with Gasteiger partial charge in [0.25, 0.3) is 10.0 Å². The monoisotopic (exact) mass is 338 g/mol. The minimum Gasteiger partial charge on any atom is -0.495 e. The predicted molar refractivity (Wildman–Crippen MR) is 82.7 cm³/mol. The molecular weight excluding hydrogens is 328 g/mol. The third-order valence-corrected chi connectivity index (χ3v) is 4.58. The van der Waals surface area contributed by atoms with Gasteiger partial charge in [-0.05, 0) is 24.3 Å². The van der Waals surface area contributed by atoms with E-state index in [2.05, 4.69) is 19.7 Å². The predicted octanol–water partition coefficient (Wildman–Crippen LogP) is 2.42. The molecular formula is C13H11ClN4O3S. The van der Waals surface area contributed by atoms with E-state index in [4.69, 9.17) is 16.3 Å². The van der Waals surface area contributed by atoms with Gasteiger partial charge < -0.3 is 9.72 Å². The van der Waals surface area contributed by atoms with Crippen molar-refractivity contribution in [2.75, 3.05) is 11.8 Å². The quantitative estimate of drug-likeness (QED) is 0.761. The summed E-state index contributed by atoms with van der Waals surface area (Å²) in [4.78, 5) is 10.8. The zero-order valence-electron chi connectivity index (χ0n) is 11.4. The summed E-state index contributed by atoms with van der Waals surface area (Å²) in [5.41, 5.74) is 1.43. The van der Waals surface area contributed by atoms with Crippen molar-refractivity contribution in [3.63, 3.8) is 0 Å². The zero-order valence-corrected chi connectivity index (χ0v) is 12.9. The lowest BCUT2D eigenvalue weighted by Gasteiger charge is -2.11. The normalized spacial score (nSPS) is 11.5. The van der Waals surface area contributed by atoms with Gasteiger partial charge in [-0.15, -0.1) is 0 Å². The molecule has 0 saturated carbocycles. The average Bonchev–Trinajstić information content (AvgIpc) is 2.94. The first kappa shape index (κ1) is 14.6. The Morgan fingerprint density at radius 2 is 2.09 bits per heavy atom. The number of nitrogens with zero attached hydrogens (tertiary/aromatic N) is 2. The zero-order chi connectivity index (χ0) is 15.7. The maximum absolute atomic E-state index is 12.5. The molecule has 0 bridgehead atoms. The Bertz CT molecular complexity index is 939. The van der Waals surface area contributed by atoms with Crippen LogP contribution in [-0.2, 0) is 10.0 Å². The highest BCUT2D eigenvalue weighted by Crippen LogP contribution is 2.28. The number of aromatic nitrogens is 3. The molecule has 0 saturated heterocycles. The number of sulfonamides is 1. The van der Waals surface area contributed by atoms with Crippen LogP contribution in [0.2, 0.25) is 5.02 Å². The lowest BCUT2D eigenvalue weighted by Crippen LogP contribution is -2.14. The van der Waals surface area contributed by atoms with Crippen LogP contribution in [0.5, 0.6) is 5.75 Å². The summed E-state index contributed by atoms with van der Waals surface area (Å²) in [5.74, 6) is 0.201. The van der Waals surface area contributed by atoms with Gasteiger partial charge in [0.05, 0.1) is 30.8 Å². The summed E-state index contributed by atoms with van der Waals surface area (Å²) in [6.45, 7) is 0. The second kappa shape index (κ2) is 5.47. The van der Waals surface area contributed by atoms with Crippen LogP contribution in [0.3, 0.4) is 0 Å². The van der Waals surface area contributed by atoms with Crippen molar-refractivity contribution in [3.8, 4) is 5.75 Å². The Kier molecular flexibility index (Phi) is 3.63. The minimum atomic E-state index is -3.86. The number of hydrogen-bond donors (Lipinski definition) is 2. The number of imidazole rings is 1. The van der Waals surface area contributed by atoms with Gasteiger partial charge in [0.2, 0.25) is 0 Å². The van der Waals surface area contributed by atoms with E-state index < -0.39 is 10.0 Å². The molecule has 3 aromatic rings. The van der Waals surface area contributed by atoms with E-state index in [-0.39, 0.29) is 10.6 Å². The molecule has 9 heteroatoms. The average molecular weight is 339 g/mol. The summed E-state index contributed by atoms with van der Waals surface area (Å²) < 4.78 is 32.5. The van der Waals surface area contributed by atoms with E-state index in [1.54, 1.807) is 12.1 Å². The van der Waals surface area contributed by atoms with Crippen molar-refractivity contribution in [3.05, 3.63) is 41.8 Å². The summed E-state index contributed by atoms with van der Waals surface area (Å²) in [7, 11) is -2.47. The number of ether oxygens (including phenoxy) is 1. The van der Waals surface area contributed by atoms with Gasteiger partial charge >= 0.3 is 0 Å². The molecule has 0 unspecified atom stereocenters. The van der Waals surface area contributed by atoms with Gasteiger partial charge in [0, 0.05) is 5.02 Å². The first-order valence-electron chi connectivity index (χ1n) is 6.15. The molecule has 3 rings (SSSR count). The van der Waals surface area contributed by atoms with E-state index in [9.17, 15) is 8.42 Å². The Labute approximate surface area is 131 Å². The molecule has 0 spiro atoms. The van der Waals surface area contributed by atoms with E-state index in [1.165, 1.54) is 31.8 Å². The number of anilines is 1. The Morgan fingerprint density at radius 1 is 1.27 bits per heavy atom. The van der Waals surface area contributed by atoms with Crippen LogP contribution < -0.4 is 9.46 Å². The van der Waals surface area contributed by atoms with Gasteiger partial charge in [-0.1, -0.05) is 11.6 Å². The Balaban J connectivity index is 2.01. The fourth-order valence-corrected chi connectivity index (χ4v) is 3.42. The standard InChI is InChI=1S/C13H11ClN4O3S/c1-21-11-3-2-8(14)4-12(11)22(19,20)18-9-5-10-13(15-6-9)17-7-16-10/h2-7,18H,1H3,(H,15,16,17). The summed E-state index contributed by atoms with van der Waals surface area (Å²) in [6, 6.07) is 5.97. The van der Waals surface area contributed by atoms with Crippen LogP contribution in [0, 0.1) is 0 Å². The van der Waals surface area contributed by atoms with Crippen molar-refractivity contribution in [1.82, 2.24) is 15.0 Å². The van der Waals surface area contributed by atoms with Gasteiger partial charge in [0.15, 0.2) is 5.65 Å². The summed E-state index contributed by atoms with van der Waals surface area (Å²) in [5, 5.41) is 0.295. The summed E-state index contributed by atoms with van der Waals surface area (Å²) >= 11 is 5.87. The lowest BCUT2D eigenvalue weighted by atomic mass is 10.3. The van der Waals surface area contributed by atoms with Crippen molar-refractivity contribution in [2.24, 2.45) is 0 Å². The smallest absolute Gasteiger partial charge is 0.265 e. The first-order chi connectivity index (χ1) is 10.5. The third-order valence-electron chi connectivity index (χ3n) is 2.94. The highest BCUT2D eigenvalue weighted by Gasteiger charge is 2.20. The second-order valence-corrected chi connectivity index (χ2v) is 6.49. The molecule has 7 nitrogen and oxygen atoms in total. The van der Waals surface area contributed by atoms with Gasteiger partial charge in [0.1, 0.15) is 10.6 Å². The number of benzene rings is 1. The van der Waals surface area contributed by atoms with E-state index in [1.807, 2.05) is 0 Å². The van der Waals surface area contributed by atoms with Crippen LogP contribution in [-0.4, -0.2) is 30.5 Å². The molecule has 2 N–H and O–H groups in total. The largest absolute Gasteiger partial charge is 0.495 e. The van der Waals surface area contributed by atoms with Crippen LogP contribution in [0.15, 0.2) is 41.7 Å². The van der Waals surface area contributed by atoms with Crippen molar-refractivity contribution in [2.45, 2.75) is 4.90 Å². The van der Waals surface area contributed by atoms with Crippen LogP contribution in [0.1, 0.15) is 0 Å². The number of rotatable bonds is 4. The minimum absolute atomic E-state index is 0.0489. The molecule has 114 valence electrons. The van der Waals surface area contributed by atoms with Crippen LogP contribution >= 0.6 is 11.6 Å². The van der Waals surface area contributed by atoms with Crippen molar-refractivity contribution >= 4 is 38.5 Å². The molecule has 0 fully saturated rings. The highest BCUT2D eigenvalue weighted by atomic mass is 35.5. The van der Waals surface area contributed by atoms with Gasteiger partial charge in [-0.25, -0.2) is 18.4 Å². The van der Waals surface area contributed by atoms with Crippen molar-refractivity contribution in [1.29, 1.82) is 0 Å². The molecule has 1 aromatic carbocycles. The second-order valence-electron chi connectivity index (χ2n) is 4.40. The number of hydrogen-bond acceptors (Lipinski definition) is 5. The molecule has 2 heterocycles.